The average Bonchev–Trinajstić information content (AvgIpc) is 2.12. The third-order valence-corrected chi connectivity index (χ3v) is 3.05. The molecule has 0 aromatic heterocycles. The van der Waals surface area contributed by atoms with Crippen LogP contribution in [0.15, 0.2) is 24.3 Å². The number of benzene rings is 1. The van der Waals surface area contributed by atoms with E-state index < -0.39 is 6.17 Å². The van der Waals surface area contributed by atoms with Gasteiger partial charge in [0.25, 0.3) is 0 Å². The molecule has 1 aromatic rings. The zero-order chi connectivity index (χ0) is 10.2. The fourth-order valence-corrected chi connectivity index (χ4v) is 2.13. The molecule has 0 aliphatic heterocycles. The summed E-state index contributed by atoms with van der Waals surface area (Å²) < 4.78 is 25.8. The van der Waals surface area contributed by atoms with Crippen molar-refractivity contribution in [3.05, 3.63) is 35.6 Å². The van der Waals surface area contributed by atoms with Crippen molar-refractivity contribution in [1.82, 2.24) is 0 Å². The van der Waals surface area contributed by atoms with Gasteiger partial charge in [0, 0.05) is 12.0 Å². The van der Waals surface area contributed by atoms with Gasteiger partial charge in [-0.25, -0.2) is 8.78 Å². The van der Waals surface area contributed by atoms with Crippen LogP contribution in [0.3, 0.4) is 0 Å². The summed E-state index contributed by atoms with van der Waals surface area (Å²) >= 11 is 0. The molecule has 0 bridgehead atoms. The summed E-state index contributed by atoms with van der Waals surface area (Å²) in [7, 11) is 0. The third-order valence-electron chi connectivity index (χ3n) is 3.05. The van der Waals surface area contributed by atoms with Gasteiger partial charge in [0.1, 0.15) is 12.0 Å². The summed E-state index contributed by atoms with van der Waals surface area (Å²) in [5.41, 5.74) is 6.13. The predicted octanol–water partition coefficient (Wildman–Crippen LogP) is 2.15. The Morgan fingerprint density at radius 1 is 1.43 bits per heavy atom. The number of hydrogen-bond acceptors (Lipinski definition) is 1. The van der Waals surface area contributed by atoms with Crippen molar-refractivity contribution in [2.45, 2.75) is 24.4 Å². The molecule has 14 heavy (non-hydrogen) atoms. The minimum atomic E-state index is -0.776. The Morgan fingerprint density at radius 3 is 2.64 bits per heavy atom. The first-order valence-corrected chi connectivity index (χ1v) is 4.76. The number of alkyl halides is 1. The van der Waals surface area contributed by atoms with Crippen molar-refractivity contribution in [1.29, 1.82) is 0 Å². The van der Waals surface area contributed by atoms with E-state index in [4.69, 9.17) is 5.73 Å². The highest BCUT2D eigenvalue weighted by Gasteiger charge is 2.44. The molecule has 1 aromatic carbocycles. The molecule has 2 N–H and O–H groups in total. The first kappa shape index (κ1) is 9.59. The Bertz CT molecular complexity index is 332. The van der Waals surface area contributed by atoms with Crippen LogP contribution in [0.2, 0.25) is 0 Å². The Kier molecular flexibility index (Phi) is 2.27. The molecule has 1 nitrogen and oxygen atoms in total. The lowest BCUT2D eigenvalue weighted by Gasteiger charge is -2.44. The molecule has 0 heterocycles. The third kappa shape index (κ3) is 1.42. The highest BCUT2D eigenvalue weighted by molar-refractivity contribution is 5.30. The molecular weight excluding hydrogens is 184 g/mol. The highest BCUT2D eigenvalue weighted by Crippen LogP contribution is 2.44. The monoisotopic (exact) mass is 197 g/mol. The lowest BCUT2D eigenvalue weighted by Crippen LogP contribution is -2.48. The van der Waals surface area contributed by atoms with E-state index >= 15 is 0 Å². The molecule has 1 aliphatic carbocycles. The van der Waals surface area contributed by atoms with Gasteiger partial charge in [0.05, 0.1) is 0 Å². The maximum atomic E-state index is 13.0. The average molecular weight is 197 g/mol. The molecule has 0 spiro atoms. The summed E-state index contributed by atoms with van der Waals surface area (Å²) in [6.07, 6.45) is 0.0710. The smallest absolute Gasteiger partial charge is 0.123 e. The van der Waals surface area contributed by atoms with Gasteiger partial charge in [-0.2, -0.15) is 0 Å². The minimum Gasteiger partial charge on any atom is -0.330 e. The van der Waals surface area contributed by atoms with Gasteiger partial charge < -0.3 is 5.73 Å². The summed E-state index contributed by atoms with van der Waals surface area (Å²) in [6, 6.07) is 6.31. The molecule has 0 unspecified atom stereocenters. The summed E-state index contributed by atoms with van der Waals surface area (Å²) in [4.78, 5) is 0. The number of nitrogens with two attached hydrogens (primary N) is 1. The van der Waals surface area contributed by atoms with Crippen LogP contribution < -0.4 is 5.73 Å². The van der Waals surface area contributed by atoms with Crippen molar-refractivity contribution >= 4 is 0 Å². The zero-order valence-electron chi connectivity index (χ0n) is 7.84. The summed E-state index contributed by atoms with van der Waals surface area (Å²) in [5.74, 6) is -0.280. The van der Waals surface area contributed by atoms with Crippen molar-refractivity contribution in [3.8, 4) is 0 Å². The molecular formula is C11H13F2N. The minimum absolute atomic E-state index is 0.280. The second-order valence-corrected chi connectivity index (χ2v) is 4.00. The molecule has 0 amide bonds. The maximum Gasteiger partial charge on any atom is 0.123 e. The largest absolute Gasteiger partial charge is 0.330 e. The topological polar surface area (TPSA) is 26.0 Å². The second kappa shape index (κ2) is 3.31. The lowest BCUT2D eigenvalue weighted by atomic mass is 9.63. The number of rotatable bonds is 2. The van der Waals surface area contributed by atoms with Crippen molar-refractivity contribution in [2.75, 3.05) is 6.54 Å². The van der Waals surface area contributed by atoms with E-state index in [1.54, 1.807) is 6.07 Å². The van der Waals surface area contributed by atoms with Crippen LogP contribution in [0.25, 0.3) is 0 Å². The molecule has 0 saturated heterocycles. The Morgan fingerprint density at radius 2 is 2.14 bits per heavy atom. The van der Waals surface area contributed by atoms with E-state index in [-0.39, 0.29) is 11.2 Å². The van der Waals surface area contributed by atoms with Gasteiger partial charge in [0.15, 0.2) is 0 Å². The normalized spacial score (nSPS) is 31.2. The molecule has 1 saturated carbocycles. The Hall–Kier alpha value is -0.960. The molecule has 2 rings (SSSR count). The summed E-state index contributed by atoms with van der Waals surface area (Å²) in [5, 5.41) is 0. The van der Waals surface area contributed by atoms with Gasteiger partial charge in [0.2, 0.25) is 0 Å². The van der Waals surface area contributed by atoms with Gasteiger partial charge in [-0.3, -0.25) is 0 Å². The Labute approximate surface area is 81.9 Å². The van der Waals surface area contributed by atoms with Crippen LogP contribution in [0.5, 0.6) is 0 Å². The zero-order valence-corrected chi connectivity index (χ0v) is 7.84. The van der Waals surface area contributed by atoms with Crippen LogP contribution in [-0.4, -0.2) is 12.7 Å². The first-order valence-electron chi connectivity index (χ1n) is 4.76. The maximum absolute atomic E-state index is 13.0. The van der Waals surface area contributed by atoms with Crippen LogP contribution >= 0.6 is 0 Å². The molecule has 0 atom stereocenters. The molecule has 76 valence electrons. The van der Waals surface area contributed by atoms with E-state index in [0.29, 0.717) is 19.4 Å². The standard InChI is InChI=1S/C11H13F2N/c12-9-3-1-2-8(4-9)11(7-14)5-10(13)6-11/h1-4,10H,5-7,14H2. The van der Waals surface area contributed by atoms with E-state index in [1.165, 1.54) is 12.1 Å². The number of hydrogen-bond donors (Lipinski definition) is 1. The van der Waals surface area contributed by atoms with Gasteiger partial charge >= 0.3 is 0 Å². The molecule has 3 heteroatoms. The van der Waals surface area contributed by atoms with Gasteiger partial charge in [-0.1, -0.05) is 12.1 Å². The van der Waals surface area contributed by atoms with Crippen LogP contribution in [0, 0.1) is 5.82 Å². The number of halogens is 2. The van der Waals surface area contributed by atoms with Crippen molar-refractivity contribution in [2.24, 2.45) is 5.73 Å². The summed E-state index contributed by atoms with van der Waals surface area (Å²) in [6.45, 7) is 0.386. The van der Waals surface area contributed by atoms with E-state index in [2.05, 4.69) is 0 Å². The van der Waals surface area contributed by atoms with E-state index in [1.807, 2.05) is 6.07 Å². The van der Waals surface area contributed by atoms with Crippen molar-refractivity contribution < 1.29 is 8.78 Å². The van der Waals surface area contributed by atoms with Crippen LogP contribution in [0.1, 0.15) is 18.4 Å². The molecule has 1 fully saturated rings. The lowest BCUT2D eigenvalue weighted by molar-refractivity contribution is 0.0994. The first-order chi connectivity index (χ1) is 6.66. The van der Waals surface area contributed by atoms with Crippen LogP contribution in [0.4, 0.5) is 8.78 Å². The second-order valence-electron chi connectivity index (χ2n) is 4.00. The quantitative estimate of drug-likeness (QED) is 0.772. The fourth-order valence-electron chi connectivity index (χ4n) is 2.13. The fraction of sp³-hybridized carbons (Fsp3) is 0.455. The van der Waals surface area contributed by atoms with Crippen molar-refractivity contribution in [3.63, 3.8) is 0 Å². The van der Waals surface area contributed by atoms with E-state index in [9.17, 15) is 8.78 Å². The molecule has 0 radical (unpaired) electrons. The van der Waals surface area contributed by atoms with Crippen LogP contribution in [-0.2, 0) is 5.41 Å². The van der Waals surface area contributed by atoms with Gasteiger partial charge in [-0.15, -0.1) is 0 Å². The molecule has 1 aliphatic rings. The highest BCUT2D eigenvalue weighted by atomic mass is 19.1. The Balaban J connectivity index is 2.29. The van der Waals surface area contributed by atoms with E-state index in [0.717, 1.165) is 5.56 Å². The SMILES string of the molecule is NCC1(c2cccc(F)c2)CC(F)C1. The predicted molar refractivity (Wildman–Crippen MR) is 51.3 cm³/mol. The van der Waals surface area contributed by atoms with Gasteiger partial charge in [-0.05, 0) is 30.5 Å².